The summed E-state index contributed by atoms with van der Waals surface area (Å²) in [6, 6.07) is 5.78. The van der Waals surface area contributed by atoms with Crippen LogP contribution < -0.4 is 4.18 Å². The Kier molecular flexibility index (Phi) is 1.95. The summed E-state index contributed by atoms with van der Waals surface area (Å²) in [5.41, 5.74) is 0. The van der Waals surface area contributed by atoms with Crippen LogP contribution in [0.2, 0.25) is 0 Å². The third kappa shape index (κ3) is 1.61. The highest BCUT2D eigenvalue weighted by molar-refractivity contribution is 7.75. The zero-order chi connectivity index (χ0) is 6.69. The predicted octanol–water partition coefficient (Wildman–Crippen LogP) is 2.05. The molecular formula is C6H5FOS. The van der Waals surface area contributed by atoms with Crippen molar-refractivity contribution in [2.45, 2.75) is 0 Å². The van der Waals surface area contributed by atoms with Crippen molar-refractivity contribution in [3.05, 3.63) is 30.1 Å². The Hall–Kier alpha value is -0.700. The van der Waals surface area contributed by atoms with Crippen LogP contribution in [0.3, 0.4) is 0 Å². The Morgan fingerprint density at radius 1 is 1.44 bits per heavy atom. The normalized spacial score (nSPS) is 9.11. The minimum absolute atomic E-state index is 0.318. The quantitative estimate of drug-likeness (QED) is 0.468. The lowest BCUT2D eigenvalue weighted by atomic mass is 10.3. The van der Waals surface area contributed by atoms with E-state index in [0.29, 0.717) is 5.75 Å². The van der Waals surface area contributed by atoms with Crippen LogP contribution in [-0.2, 0) is 0 Å². The van der Waals surface area contributed by atoms with E-state index in [1.54, 1.807) is 12.1 Å². The second-order valence-electron chi connectivity index (χ2n) is 1.55. The standard InChI is InChI=1S/C6H5FOS/c7-5-2-1-3-6(4-5)8-9/h1-4,9H. The maximum atomic E-state index is 12.2. The number of thiol groups is 1. The molecule has 48 valence electrons. The first-order valence-corrected chi connectivity index (χ1v) is 2.76. The molecule has 0 bridgehead atoms. The van der Waals surface area contributed by atoms with Gasteiger partial charge < -0.3 is 4.18 Å². The molecule has 3 heteroatoms. The molecule has 0 radical (unpaired) electrons. The van der Waals surface area contributed by atoms with E-state index >= 15 is 0 Å². The first kappa shape index (κ1) is 6.42. The molecule has 9 heavy (non-hydrogen) atoms. The van der Waals surface area contributed by atoms with Crippen molar-refractivity contribution < 1.29 is 8.57 Å². The Morgan fingerprint density at radius 3 is 2.67 bits per heavy atom. The SMILES string of the molecule is Fc1cccc(OS)c1. The van der Waals surface area contributed by atoms with Gasteiger partial charge in [-0.15, -0.1) is 0 Å². The van der Waals surface area contributed by atoms with E-state index < -0.39 is 0 Å². The van der Waals surface area contributed by atoms with Gasteiger partial charge in [0.05, 0.1) is 0 Å². The molecule has 0 aliphatic rings. The molecule has 0 saturated carbocycles. The van der Waals surface area contributed by atoms with Gasteiger partial charge in [0.2, 0.25) is 0 Å². The fraction of sp³-hybridized carbons (Fsp3) is 0. The van der Waals surface area contributed by atoms with Gasteiger partial charge >= 0.3 is 0 Å². The van der Waals surface area contributed by atoms with Crippen LogP contribution >= 0.6 is 12.9 Å². The van der Waals surface area contributed by atoms with Gasteiger partial charge in [0.1, 0.15) is 11.6 Å². The summed E-state index contributed by atoms with van der Waals surface area (Å²) in [7, 11) is 0. The first-order valence-electron chi connectivity index (χ1n) is 2.40. The average molecular weight is 144 g/mol. The summed E-state index contributed by atoms with van der Waals surface area (Å²) in [4.78, 5) is 0. The third-order valence-electron chi connectivity index (χ3n) is 0.901. The molecule has 0 spiro atoms. The molecule has 0 saturated heterocycles. The van der Waals surface area contributed by atoms with Crippen molar-refractivity contribution in [3.63, 3.8) is 0 Å². The second-order valence-corrected chi connectivity index (χ2v) is 1.73. The van der Waals surface area contributed by atoms with Crippen LogP contribution in [0.4, 0.5) is 4.39 Å². The molecule has 0 heterocycles. The molecule has 0 fully saturated rings. The fourth-order valence-corrected chi connectivity index (χ4v) is 0.637. The van der Waals surface area contributed by atoms with Crippen LogP contribution in [0.15, 0.2) is 24.3 Å². The molecule has 0 atom stereocenters. The second kappa shape index (κ2) is 2.73. The minimum atomic E-state index is -0.318. The highest BCUT2D eigenvalue weighted by Gasteiger charge is 1.90. The van der Waals surface area contributed by atoms with E-state index in [1.165, 1.54) is 12.1 Å². The molecule has 1 rings (SSSR count). The van der Waals surface area contributed by atoms with E-state index in [9.17, 15) is 4.39 Å². The van der Waals surface area contributed by atoms with Crippen LogP contribution in [0.1, 0.15) is 0 Å². The summed E-state index contributed by atoms with van der Waals surface area (Å²) in [5, 5.41) is 0. The molecule has 0 aliphatic carbocycles. The first-order chi connectivity index (χ1) is 4.33. The summed E-state index contributed by atoms with van der Waals surface area (Å²) in [5.74, 6) is 0.0971. The van der Waals surface area contributed by atoms with Gasteiger partial charge in [-0.1, -0.05) is 6.07 Å². The third-order valence-corrected chi connectivity index (χ3v) is 1.11. The smallest absolute Gasteiger partial charge is 0.139 e. The van der Waals surface area contributed by atoms with Gasteiger partial charge in [-0.05, 0) is 12.1 Å². The highest BCUT2D eigenvalue weighted by Crippen LogP contribution is 2.12. The van der Waals surface area contributed by atoms with Crippen LogP contribution in [0.5, 0.6) is 5.75 Å². The number of rotatable bonds is 1. The van der Waals surface area contributed by atoms with E-state index in [1.807, 2.05) is 0 Å². The maximum absolute atomic E-state index is 12.2. The number of hydrogen-bond acceptors (Lipinski definition) is 2. The van der Waals surface area contributed by atoms with Gasteiger partial charge in [-0.25, -0.2) is 4.39 Å². The number of hydrogen-bond donors (Lipinski definition) is 1. The van der Waals surface area contributed by atoms with Crippen LogP contribution in [-0.4, -0.2) is 0 Å². The van der Waals surface area contributed by atoms with Gasteiger partial charge in [0.15, 0.2) is 0 Å². The zero-order valence-electron chi connectivity index (χ0n) is 4.54. The van der Waals surface area contributed by atoms with E-state index in [2.05, 4.69) is 17.1 Å². The Bertz CT molecular complexity index is 202. The Morgan fingerprint density at radius 2 is 2.22 bits per heavy atom. The molecule has 1 nitrogen and oxygen atoms in total. The molecular weight excluding hydrogens is 139 g/mol. The largest absolute Gasteiger partial charge is 0.429 e. The molecule has 1 aromatic carbocycles. The van der Waals surface area contributed by atoms with E-state index in [4.69, 9.17) is 0 Å². The molecule has 0 aliphatic heterocycles. The van der Waals surface area contributed by atoms with E-state index in [0.717, 1.165) is 0 Å². The molecule has 0 unspecified atom stereocenters. The van der Waals surface area contributed by atoms with Crippen molar-refractivity contribution in [1.82, 2.24) is 0 Å². The van der Waals surface area contributed by atoms with Crippen molar-refractivity contribution in [2.75, 3.05) is 0 Å². The van der Waals surface area contributed by atoms with Crippen molar-refractivity contribution in [2.24, 2.45) is 0 Å². The van der Waals surface area contributed by atoms with Gasteiger partial charge in [0.25, 0.3) is 0 Å². The summed E-state index contributed by atoms with van der Waals surface area (Å²) < 4.78 is 16.7. The highest BCUT2D eigenvalue weighted by atomic mass is 32.1. The summed E-state index contributed by atoms with van der Waals surface area (Å²) >= 11 is 3.49. The van der Waals surface area contributed by atoms with Gasteiger partial charge in [-0.2, -0.15) is 0 Å². The number of halogens is 1. The lowest BCUT2D eigenvalue weighted by Crippen LogP contribution is -1.75. The van der Waals surface area contributed by atoms with Crippen LogP contribution in [0, 0.1) is 5.82 Å². The van der Waals surface area contributed by atoms with Gasteiger partial charge in [-0.3, -0.25) is 0 Å². The van der Waals surface area contributed by atoms with E-state index in [-0.39, 0.29) is 5.82 Å². The Labute approximate surface area is 58.1 Å². The molecule has 0 N–H and O–H groups in total. The number of benzene rings is 1. The fourth-order valence-electron chi connectivity index (χ4n) is 0.524. The summed E-state index contributed by atoms with van der Waals surface area (Å²) in [6.07, 6.45) is 0. The monoisotopic (exact) mass is 144 g/mol. The zero-order valence-corrected chi connectivity index (χ0v) is 5.44. The van der Waals surface area contributed by atoms with Crippen molar-refractivity contribution in [1.29, 1.82) is 0 Å². The minimum Gasteiger partial charge on any atom is -0.429 e. The van der Waals surface area contributed by atoms with Gasteiger partial charge in [0, 0.05) is 19.0 Å². The maximum Gasteiger partial charge on any atom is 0.139 e. The summed E-state index contributed by atoms with van der Waals surface area (Å²) in [6.45, 7) is 0. The predicted molar refractivity (Wildman–Crippen MR) is 36.0 cm³/mol. The Balaban J connectivity index is 2.94. The molecule has 0 aromatic heterocycles. The van der Waals surface area contributed by atoms with Crippen LogP contribution in [0.25, 0.3) is 0 Å². The molecule has 0 amide bonds. The molecule has 1 aromatic rings. The lowest BCUT2D eigenvalue weighted by Gasteiger charge is -1.93. The van der Waals surface area contributed by atoms with Crippen molar-refractivity contribution in [3.8, 4) is 5.75 Å². The van der Waals surface area contributed by atoms with Crippen molar-refractivity contribution >= 4 is 12.9 Å². The average Bonchev–Trinajstić information content (AvgIpc) is 1.88. The lowest BCUT2D eigenvalue weighted by molar-refractivity contribution is 0.604. The topological polar surface area (TPSA) is 9.23 Å².